The van der Waals surface area contributed by atoms with Gasteiger partial charge < -0.3 is 15.1 Å². The number of nitrogens with one attached hydrogen (secondary N) is 1. The number of halogens is 2. The maximum absolute atomic E-state index is 12.9. The molecule has 1 unspecified atom stereocenters. The molecule has 1 aliphatic heterocycles. The van der Waals surface area contributed by atoms with Crippen molar-refractivity contribution < 1.29 is 9.59 Å². The van der Waals surface area contributed by atoms with Crippen LogP contribution in [0.1, 0.15) is 37.6 Å². The first-order chi connectivity index (χ1) is 15.7. The maximum Gasteiger partial charge on any atom is 0.254 e. The number of anilines is 1. The molecule has 0 saturated carbocycles. The SMILES string of the molecule is CC(C)CCNC(=O)CSc1nc(Cl)cc(N2CCN(C(=O)c3ccc(Cl)cc3)C(C)C2)n1. The Hall–Kier alpha value is -2.03. The Balaban J connectivity index is 1.59. The predicted octanol–water partition coefficient (Wildman–Crippen LogP) is 4.39. The summed E-state index contributed by atoms with van der Waals surface area (Å²) in [5.74, 6) is 1.41. The Morgan fingerprint density at radius 3 is 2.58 bits per heavy atom. The minimum absolute atomic E-state index is 0.0146. The van der Waals surface area contributed by atoms with Crippen LogP contribution >= 0.6 is 35.0 Å². The molecule has 1 saturated heterocycles. The topological polar surface area (TPSA) is 78.4 Å². The van der Waals surface area contributed by atoms with Gasteiger partial charge in [0.25, 0.3) is 5.91 Å². The summed E-state index contributed by atoms with van der Waals surface area (Å²) in [6.07, 6.45) is 0.943. The summed E-state index contributed by atoms with van der Waals surface area (Å²) in [7, 11) is 0. The monoisotopic (exact) mass is 509 g/mol. The average Bonchev–Trinajstić information content (AvgIpc) is 2.77. The van der Waals surface area contributed by atoms with Crippen LogP contribution in [0.15, 0.2) is 35.5 Å². The molecule has 0 aliphatic carbocycles. The normalized spacial score (nSPS) is 16.2. The number of carbonyl (C=O) groups excluding carboxylic acids is 2. The van der Waals surface area contributed by atoms with Crippen LogP contribution in [0, 0.1) is 5.92 Å². The Labute approximate surface area is 209 Å². The summed E-state index contributed by atoms with van der Waals surface area (Å²) in [6.45, 7) is 8.72. The lowest BCUT2D eigenvalue weighted by molar-refractivity contribution is -0.118. The number of aromatic nitrogens is 2. The van der Waals surface area contributed by atoms with E-state index in [1.54, 1.807) is 30.3 Å². The number of nitrogens with zero attached hydrogens (tertiary/aromatic N) is 4. The molecular formula is C23H29Cl2N5O2S. The minimum atomic E-state index is -0.0475. The highest BCUT2D eigenvalue weighted by Gasteiger charge is 2.29. The highest BCUT2D eigenvalue weighted by molar-refractivity contribution is 7.99. The van der Waals surface area contributed by atoms with E-state index in [4.69, 9.17) is 23.2 Å². The molecule has 1 fully saturated rings. The van der Waals surface area contributed by atoms with Crippen molar-refractivity contribution >= 4 is 52.6 Å². The number of carbonyl (C=O) groups is 2. The predicted molar refractivity (Wildman–Crippen MR) is 134 cm³/mol. The van der Waals surface area contributed by atoms with Crippen molar-refractivity contribution in [3.05, 3.63) is 46.1 Å². The molecule has 0 radical (unpaired) electrons. The van der Waals surface area contributed by atoms with Crippen LogP contribution in [0.5, 0.6) is 0 Å². The first-order valence-electron chi connectivity index (χ1n) is 11.0. The third kappa shape index (κ3) is 7.48. The Bertz CT molecular complexity index is 974. The molecule has 1 N–H and O–H groups in total. The molecule has 3 rings (SSSR count). The van der Waals surface area contributed by atoms with Crippen molar-refractivity contribution in [1.82, 2.24) is 20.2 Å². The number of thioether (sulfide) groups is 1. The molecule has 0 spiro atoms. The van der Waals surface area contributed by atoms with Crippen LogP contribution in [0.25, 0.3) is 0 Å². The quantitative estimate of drug-likeness (QED) is 0.323. The van der Waals surface area contributed by atoms with E-state index in [1.807, 2.05) is 11.8 Å². The van der Waals surface area contributed by atoms with Crippen LogP contribution in [0.4, 0.5) is 5.82 Å². The summed E-state index contributed by atoms with van der Waals surface area (Å²) in [5, 5.41) is 4.31. The molecular weight excluding hydrogens is 481 g/mol. The van der Waals surface area contributed by atoms with Crippen molar-refractivity contribution in [2.75, 3.05) is 36.8 Å². The van der Waals surface area contributed by atoms with Crippen LogP contribution in [0.2, 0.25) is 10.2 Å². The van der Waals surface area contributed by atoms with E-state index in [0.29, 0.717) is 58.8 Å². The van der Waals surface area contributed by atoms with E-state index in [-0.39, 0.29) is 23.6 Å². The third-order valence-electron chi connectivity index (χ3n) is 5.34. The van der Waals surface area contributed by atoms with Gasteiger partial charge in [0.1, 0.15) is 11.0 Å². The molecule has 1 aromatic heterocycles. The molecule has 2 aromatic rings. The van der Waals surface area contributed by atoms with Crippen molar-refractivity contribution in [1.29, 1.82) is 0 Å². The fraction of sp³-hybridized carbons (Fsp3) is 0.478. The second kappa shape index (κ2) is 11.9. The summed E-state index contributed by atoms with van der Waals surface area (Å²) in [4.78, 5) is 37.8. The van der Waals surface area contributed by atoms with Crippen LogP contribution in [0.3, 0.4) is 0 Å². The smallest absolute Gasteiger partial charge is 0.254 e. The molecule has 2 heterocycles. The summed E-state index contributed by atoms with van der Waals surface area (Å²) < 4.78 is 0. The maximum atomic E-state index is 12.9. The largest absolute Gasteiger partial charge is 0.355 e. The lowest BCUT2D eigenvalue weighted by Crippen LogP contribution is -2.54. The number of piperazine rings is 1. The van der Waals surface area contributed by atoms with E-state index < -0.39 is 0 Å². The van der Waals surface area contributed by atoms with Gasteiger partial charge >= 0.3 is 0 Å². The Morgan fingerprint density at radius 1 is 1.18 bits per heavy atom. The van der Waals surface area contributed by atoms with Crippen LogP contribution in [-0.4, -0.2) is 64.7 Å². The number of hydrogen-bond acceptors (Lipinski definition) is 6. The fourth-order valence-corrected chi connectivity index (χ4v) is 4.56. The molecule has 178 valence electrons. The van der Waals surface area contributed by atoms with Gasteiger partial charge in [-0.2, -0.15) is 0 Å². The van der Waals surface area contributed by atoms with Gasteiger partial charge in [-0.05, 0) is 43.5 Å². The van der Waals surface area contributed by atoms with E-state index in [0.717, 1.165) is 6.42 Å². The van der Waals surface area contributed by atoms with Gasteiger partial charge in [0.15, 0.2) is 5.16 Å². The Kier molecular flexibility index (Phi) is 9.23. The molecule has 10 heteroatoms. The number of hydrogen-bond donors (Lipinski definition) is 1. The van der Waals surface area contributed by atoms with E-state index in [1.165, 1.54) is 11.8 Å². The Morgan fingerprint density at radius 2 is 1.91 bits per heavy atom. The summed E-state index contributed by atoms with van der Waals surface area (Å²) in [5.41, 5.74) is 0.620. The number of amides is 2. The second-order valence-corrected chi connectivity index (χ2v) is 10.2. The molecule has 0 bridgehead atoms. The molecule has 1 aliphatic rings. The van der Waals surface area contributed by atoms with Crippen molar-refractivity contribution in [3.63, 3.8) is 0 Å². The van der Waals surface area contributed by atoms with Gasteiger partial charge in [0, 0.05) is 48.9 Å². The van der Waals surface area contributed by atoms with Crippen LogP contribution in [-0.2, 0) is 4.79 Å². The number of rotatable bonds is 8. The first kappa shape index (κ1) is 25.6. The molecule has 1 aromatic carbocycles. The molecule has 7 nitrogen and oxygen atoms in total. The highest BCUT2D eigenvalue weighted by Crippen LogP contribution is 2.25. The lowest BCUT2D eigenvalue weighted by Gasteiger charge is -2.40. The molecule has 33 heavy (non-hydrogen) atoms. The lowest BCUT2D eigenvalue weighted by atomic mass is 10.1. The molecule has 2 amide bonds. The van der Waals surface area contributed by atoms with Crippen LogP contribution < -0.4 is 10.2 Å². The van der Waals surface area contributed by atoms with Gasteiger partial charge in [0.2, 0.25) is 5.91 Å². The second-order valence-electron chi connectivity index (χ2n) is 8.45. The fourth-order valence-electron chi connectivity index (χ4n) is 3.52. The average molecular weight is 510 g/mol. The highest BCUT2D eigenvalue weighted by atomic mass is 35.5. The van der Waals surface area contributed by atoms with Gasteiger partial charge in [-0.3, -0.25) is 9.59 Å². The third-order valence-corrected chi connectivity index (χ3v) is 6.63. The van der Waals surface area contributed by atoms with Crippen molar-refractivity contribution in [3.8, 4) is 0 Å². The van der Waals surface area contributed by atoms with Gasteiger partial charge in [-0.1, -0.05) is 48.8 Å². The standard InChI is InChI=1S/C23H29Cl2N5O2S/c1-15(2)8-9-26-21(31)14-33-23-27-19(25)12-20(28-23)29-10-11-30(16(3)13-29)22(32)17-4-6-18(24)7-5-17/h4-7,12,15-16H,8-11,13-14H2,1-3H3,(H,26,31). The van der Waals surface area contributed by atoms with Crippen molar-refractivity contribution in [2.24, 2.45) is 5.92 Å². The van der Waals surface area contributed by atoms with Crippen molar-refractivity contribution in [2.45, 2.75) is 38.4 Å². The van der Waals surface area contributed by atoms with Gasteiger partial charge in [0.05, 0.1) is 5.75 Å². The van der Waals surface area contributed by atoms with E-state index >= 15 is 0 Å². The number of benzene rings is 1. The zero-order chi connectivity index (χ0) is 24.0. The molecule has 1 atom stereocenters. The summed E-state index contributed by atoms with van der Waals surface area (Å²) in [6, 6.07) is 8.65. The van der Waals surface area contributed by atoms with Gasteiger partial charge in [-0.15, -0.1) is 0 Å². The van der Waals surface area contributed by atoms with E-state index in [9.17, 15) is 9.59 Å². The summed E-state index contributed by atoms with van der Waals surface area (Å²) >= 11 is 13.4. The minimum Gasteiger partial charge on any atom is -0.355 e. The van der Waals surface area contributed by atoms with E-state index in [2.05, 4.69) is 34.0 Å². The zero-order valence-electron chi connectivity index (χ0n) is 19.1. The first-order valence-corrected chi connectivity index (χ1v) is 12.7. The zero-order valence-corrected chi connectivity index (χ0v) is 21.4. The van der Waals surface area contributed by atoms with Gasteiger partial charge in [-0.25, -0.2) is 9.97 Å².